The fourth-order valence-electron chi connectivity index (χ4n) is 3.72. The van der Waals surface area contributed by atoms with Crippen LogP contribution in [-0.2, 0) is 18.2 Å². The second kappa shape index (κ2) is 6.27. The first kappa shape index (κ1) is 14.1. The van der Waals surface area contributed by atoms with Gasteiger partial charge >= 0.3 is 0 Å². The Morgan fingerprint density at radius 1 is 1.45 bits per heavy atom. The number of rotatable bonds is 4. The molecule has 0 amide bonds. The van der Waals surface area contributed by atoms with Crippen LogP contribution < -0.4 is 5.32 Å². The predicted octanol–water partition coefficient (Wildman–Crippen LogP) is 2.73. The lowest BCUT2D eigenvalue weighted by molar-refractivity contribution is -0.00541. The van der Waals surface area contributed by atoms with Gasteiger partial charge in [-0.25, -0.2) is 0 Å². The third-order valence-corrected chi connectivity index (χ3v) is 4.79. The third-order valence-electron chi connectivity index (χ3n) is 4.79. The van der Waals surface area contributed by atoms with Gasteiger partial charge in [0.1, 0.15) is 0 Å². The smallest absolute Gasteiger partial charge is 0.0589 e. The highest BCUT2D eigenvalue weighted by molar-refractivity contribution is 5.24. The molecular formula is C16H27N3O. The molecule has 3 atom stereocenters. The van der Waals surface area contributed by atoms with Crippen molar-refractivity contribution in [2.45, 2.75) is 70.1 Å². The number of aryl methyl sites for hydroxylation is 1. The van der Waals surface area contributed by atoms with Crippen molar-refractivity contribution in [2.75, 3.05) is 6.61 Å². The molecule has 0 spiro atoms. The molecule has 2 heterocycles. The Hall–Kier alpha value is -0.870. The van der Waals surface area contributed by atoms with Crippen LogP contribution in [0.15, 0.2) is 6.20 Å². The lowest BCUT2D eigenvalue weighted by Gasteiger charge is -2.34. The molecule has 0 radical (unpaired) electrons. The molecule has 1 aliphatic heterocycles. The quantitative estimate of drug-likeness (QED) is 0.920. The lowest BCUT2D eigenvalue weighted by atomic mass is 9.91. The van der Waals surface area contributed by atoms with E-state index in [1.54, 1.807) is 0 Å². The Kier molecular flexibility index (Phi) is 4.41. The van der Waals surface area contributed by atoms with E-state index in [1.807, 2.05) is 4.68 Å². The van der Waals surface area contributed by atoms with Crippen molar-refractivity contribution in [3.8, 4) is 0 Å². The summed E-state index contributed by atoms with van der Waals surface area (Å²) >= 11 is 0. The summed E-state index contributed by atoms with van der Waals surface area (Å²) in [6, 6.07) is 1.11. The van der Waals surface area contributed by atoms with Crippen molar-refractivity contribution < 1.29 is 4.74 Å². The largest absolute Gasteiger partial charge is 0.378 e. The molecular weight excluding hydrogens is 250 g/mol. The van der Waals surface area contributed by atoms with Crippen LogP contribution in [0.25, 0.3) is 0 Å². The van der Waals surface area contributed by atoms with Crippen LogP contribution in [0.2, 0.25) is 0 Å². The minimum Gasteiger partial charge on any atom is -0.378 e. The highest BCUT2D eigenvalue weighted by Gasteiger charge is 2.28. The first-order valence-electron chi connectivity index (χ1n) is 8.16. The number of hydrogen-bond acceptors (Lipinski definition) is 3. The summed E-state index contributed by atoms with van der Waals surface area (Å²) in [6.45, 7) is 3.15. The van der Waals surface area contributed by atoms with E-state index in [1.165, 1.54) is 49.8 Å². The maximum absolute atomic E-state index is 5.85. The van der Waals surface area contributed by atoms with E-state index in [9.17, 15) is 0 Å². The minimum atomic E-state index is 0.461. The molecule has 0 bridgehead atoms. The Morgan fingerprint density at radius 3 is 3.20 bits per heavy atom. The second-order valence-corrected chi connectivity index (χ2v) is 6.28. The van der Waals surface area contributed by atoms with Crippen molar-refractivity contribution in [1.82, 2.24) is 15.1 Å². The molecule has 1 aromatic heterocycles. The lowest BCUT2D eigenvalue weighted by Crippen LogP contribution is -2.41. The number of fused-ring (bicyclic) bond motifs is 1. The molecule has 2 aliphatic rings. The second-order valence-electron chi connectivity index (χ2n) is 6.28. The van der Waals surface area contributed by atoms with E-state index in [4.69, 9.17) is 4.74 Å². The normalized spacial score (nSPS) is 30.2. The van der Waals surface area contributed by atoms with E-state index < -0.39 is 0 Å². The Labute approximate surface area is 121 Å². The summed E-state index contributed by atoms with van der Waals surface area (Å²) in [6.07, 6.45) is 10.9. The SMILES string of the molecule is CCCC1CC(NC2CCCc3c2cnn3C)CCO1. The predicted molar refractivity (Wildman–Crippen MR) is 79.7 cm³/mol. The average Bonchev–Trinajstić information content (AvgIpc) is 2.83. The summed E-state index contributed by atoms with van der Waals surface area (Å²) in [5, 5.41) is 8.32. The van der Waals surface area contributed by atoms with Crippen molar-refractivity contribution in [1.29, 1.82) is 0 Å². The fourth-order valence-corrected chi connectivity index (χ4v) is 3.72. The van der Waals surface area contributed by atoms with Crippen LogP contribution in [0.1, 0.15) is 62.7 Å². The van der Waals surface area contributed by atoms with Crippen molar-refractivity contribution in [3.63, 3.8) is 0 Å². The molecule has 20 heavy (non-hydrogen) atoms. The Balaban J connectivity index is 1.63. The summed E-state index contributed by atoms with van der Waals surface area (Å²) in [5.41, 5.74) is 2.85. The maximum Gasteiger partial charge on any atom is 0.0589 e. The standard InChI is InChI=1S/C16H27N3O/c1-3-5-13-10-12(8-9-20-13)18-15-6-4-7-16-14(15)11-17-19(16)2/h11-13,15,18H,3-10H2,1-2H3. The third kappa shape index (κ3) is 2.91. The molecule has 4 nitrogen and oxygen atoms in total. The van der Waals surface area contributed by atoms with E-state index in [0.717, 1.165) is 13.0 Å². The van der Waals surface area contributed by atoms with Crippen LogP contribution >= 0.6 is 0 Å². The van der Waals surface area contributed by atoms with Crippen LogP contribution in [0.4, 0.5) is 0 Å². The first-order valence-corrected chi connectivity index (χ1v) is 8.16. The van der Waals surface area contributed by atoms with E-state index >= 15 is 0 Å². The van der Waals surface area contributed by atoms with Gasteiger partial charge in [0.2, 0.25) is 0 Å². The maximum atomic E-state index is 5.85. The van der Waals surface area contributed by atoms with Crippen LogP contribution in [0, 0.1) is 0 Å². The molecule has 1 N–H and O–H groups in total. The van der Waals surface area contributed by atoms with Gasteiger partial charge in [0.05, 0.1) is 12.3 Å². The highest BCUT2D eigenvalue weighted by Crippen LogP contribution is 2.31. The van der Waals surface area contributed by atoms with Gasteiger partial charge in [0.25, 0.3) is 0 Å². The summed E-state index contributed by atoms with van der Waals surface area (Å²) < 4.78 is 7.90. The van der Waals surface area contributed by atoms with Crippen LogP contribution in [0.5, 0.6) is 0 Å². The van der Waals surface area contributed by atoms with E-state index in [-0.39, 0.29) is 0 Å². The van der Waals surface area contributed by atoms with Gasteiger partial charge in [0, 0.05) is 37.0 Å². The van der Waals surface area contributed by atoms with E-state index in [2.05, 4.69) is 30.6 Å². The topological polar surface area (TPSA) is 39.1 Å². The zero-order chi connectivity index (χ0) is 13.9. The van der Waals surface area contributed by atoms with Crippen LogP contribution in [0.3, 0.4) is 0 Å². The highest BCUT2D eigenvalue weighted by atomic mass is 16.5. The fraction of sp³-hybridized carbons (Fsp3) is 0.812. The number of nitrogens with zero attached hydrogens (tertiary/aromatic N) is 2. The summed E-state index contributed by atoms with van der Waals surface area (Å²) in [7, 11) is 2.06. The Bertz CT molecular complexity index is 441. The van der Waals surface area contributed by atoms with Gasteiger partial charge in [-0.2, -0.15) is 5.10 Å². The van der Waals surface area contributed by atoms with Gasteiger partial charge in [-0.1, -0.05) is 13.3 Å². The number of ether oxygens (including phenoxy) is 1. The monoisotopic (exact) mass is 277 g/mol. The summed E-state index contributed by atoms with van der Waals surface area (Å²) in [5.74, 6) is 0. The average molecular weight is 277 g/mol. The zero-order valence-corrected chi connectivity index (χ0v) is 12.8. The van der Waals surface area contributed by atoms with Gasteiger partial charge in [-0.05, 0) is 38.5 Å². The van der Waals surface area contributed by atoms with E-state index in [0.29, 0.717) is 18.2 Å². The number of aromatic nitrogens is 2. The van der Waals surface area contributed by atoms with Gasteiger partial charge in [-0.15, -0.1) is 0 Å². The van der Waals surface area contributed by atoms with Crippen molar-refractivity contribution in [2.24, 2.45) is 7.05 Å². The van der Waals surface area contributed by atoms with Crippen molar-refractivity contribution in [3.05, 3.63) is 17.5 Å². The van der Waals surface area contributed by atoms with Crippen LogP contribution in [-0.4, -0.2) is 28.5 Å². The van der Waals surface area contributed by atoms with Gasteiger partial charge < -0.3 is 10.1 Å². The zero-order valence-electron chi connectivity index (χ0n) is 12.8. The molecule has 4 heteroatoms. The van der Waals surface area contributed by atoms with Gasteiger partial charge in [0.15, 0.2) is 0 Å². The Morgan fingerprint density at radius 2 is 2.35 bits per heavy atom. The van der Waals surface area contributed by atoms with Gasteiger partial charge in [-0.3, -0.25) is 4.68 Å². The summed E-state index contributed by atoms with van der Waals surface area (Å²) in [4.78, 5) is 0. The molecule has 1 aromatic rings. The molecule has 1 aliphatic carbocycles. The molecule has 1 fully saturated rings. The minimum absolute atomic E-state index is 0.461. The molecule has 0 saturated carbocycles. The molecule has 112 valence electrons. The number of nitrogens with one attached hydrogen (secondary N) is 1. The first-order chi connectivity index (χ1) is 9.78. The molecule has 0 aromatic carbocycles. The molecule has 1 saturated heterocycles. The van der Waals surface area contributed by atoms with Crippen molar-refractivity contribution >= 4 is 0 Å². The molecule has 3 rings (SSSR count). The number of hydrogen-bond donors (Lipinski definition) is 1. The molecule has 3 unspecified atom stereocenters.